The van der Waals surface area contributed by atoms with Gasteiger partial charge in [0.2, 0.25) is 0 Å². The lowest BCUT2D eigenvalue weighted by atomic mass is 10.1. The molecule has 6 heteroatoms. The highest BCUT2D eigenvalue weighted by molar-refractivity contribution is 7.89. The quantitative estimate of drug-likeness (QED) is 0.865. The van der Waals surface area contributed by atoms with E-state index in [1.165, 1.54) is 6.07 Å². The van der Waals surface area contributed by atoms with Crippen molar-refractivity contribution in [1.82, 2.24) is 0 Å². The average Bonchev–Trinajstić information content (AvgIpc) is 2.39. The molecule has 3 nitrogen and oxygen atoms in total. The van der Waals surface area contributed by atoms with Crippen LogP contribution in [-0.4, -0.2) is 8.42 Å². The first-order valence-corrected chi connectivity index (χ1v) is 8.22. The van der Waals surface area contributed by atoms with Crippen LogP contribution in [0.25, 0.3) is 0 Å². The predicted molar refractivity (Wildman–Crippen MR) is 78.9 cm³/mol. The summed E-state index contributed by atoms with van der Waals surface area (Å²) in [7, 11) is -3.46. The van der Waals surface area contributed by atoms with Crippen molar-refractivity contribution < 1.29 is 12.8 Å². The SMILES string of the molecule is N#Cc1cc(F)cc(CS(=O)(=O)Cc2ccc(Cl)cc2)c1. The Labute approximate surface area is 127 Å². The van der Waals surface area contributed by atoms with E-state index in [2.05, 4.69) is 0 Å². The molecule has 0 bridgehead atoms. The molecule has 0 fully saturated rings. The van der Waals surface area contributed by atoms with Crippen LogP contribution in [0.15, 0.2) is 42.5 Å². The van der Waals surface area contributed by atoms with Crippen molar-refractivity contribution in [2.75, 3.05) is 0 Å². The van der Waals surface area contributed by atoms with Gasteiger partial charge in [-0.05, 0) is 41.5 Å². The molecule has 0 spiro atoms. The van der Waals surface area contributed by atoms with E-state index >= 15 is 0 Å². The van der Waals surface area contributed by atoms with Crippen LogP contribution in [0.4, 0.5) is 4.39 Å². The maximum absolute atomic E-state index is 13.3. The van der Waals surface area contributed by atoms with Gasteiger partial charge in [-0.3, -0.25) is 0 Å². The highest BCUT2D eigenvalue weighted by Crippen LogP contribution is 2.17. The number of sulfone groups is 1. The summed E-state index contributed by atoms with van der Waals surface area (Å²) in [4.78, 5) is 0. The number of nitriles is 1. The fourth-order valence-corrected chi connectivity index (χ4v) is 3.54. The Morgan fingerprint density at radius 2 is 1.67 bits per heavy atom. The Balaban J connectivity index is 2.20. The van der Waals surface area contributed by atoms with Gasteiger partial charge in [0.05, 0.1) is 23.1 Å². The molecule has 2 rings (SSSR count). The van der Waals surface area contributed by atoms with Gasteiger partial charge >= 0.3 is 0 Å². The van der Waals surface area contributed by atoms with Gasteiger partial charge < -0.3 is 0 Å². The van der Waals surface area contributed by atoms with Crippen LogP contribution in [0.5, 0.6) is 0 Å². The van der Waals surface area contributed by atoms with Crippen molar-refractivity contribution in [2.24, 2.45) is 0 Å². The molecule has 0 atom stereocenters. The lowest BCUT2D eigenvalue weighted by Gasteiger charge is -2.06. The molecule has 0 aliphatic heterocycles. The van der Waals surface area contributed by atoms with Gasteiger partial charge in [-0.2, -0.15) is 5.26 Å². The lowest BCUT2D eigenvalue weighted by Crippen LogP contribution is -2.08. The van der Waals surface area contributed by atoms with E-state index in [0.29, 0.717) is 10.6 Å². The summed E-state index contributed by atoms with van der Waals surface area (Å²) < 4.78 is 37.6. The predicted octanol–water partition coefficient (Wildman–Crippen LogP) is 3.47. The molecule has 0 N–H and O–H groups in total. The first-order valence-electron chi connectivity index (χ1n) is 6.02. The smallest absolute Gasteiger partial charge is 0.158 e. The lowest BCUT2D eigenvalue weighted by molar-refractivity contribution is 0.594. The van der Waals surface area contributed by atoms with Crippen LogP contribution in [0, 0.1) is 17.1 Å². The number of nitrogens with zero attached hydrogens (tertiary/aromatic N) is 1. The summed E-state index contributed by atoms with van der Waals surface area (Å²) in [5, 5.41) is 9.30. The molecule has 0 amide bonds. The highest BCUT2D eigenvalue weighted by Gasteiger charge is 2.14. The van der Waals surface area contributed by atoms with E-state index in [1.54, 1.807) is 30.3 Å². The zero-order valence-electron chi connectivity index (χ0n) is 10.9. The second kappa shape index (κ2) is 6.25. The molecule has 0 aliphatic carbocycles. The van der Waals surface area contributed by atoms with Crippen molar-refractivity contribution >= 4 is 21.4 Å². The number of halogens is 2. The summed E-state index contributed by atoms with van der Waals surface area (Å²) in [6, 6.07) is 11.9. The average molecular weight is 324 g/mol. The van der Waals surface area contributed by atoms with Crippen LogP contribution < -0.4 is 0 Å². The molecule has 0 aliphatic rings. The van der Waals surface area contributed by atoms with Gasteiger partial charge in [0.15, 0.2) is 9.84 Å². The molecular formula is C15H11ClFNO2S. The molecule has 0 heterocycles. The molecule has 21 heavy (non-hydrogen) atoms. The summed E-state index contributed by atoms with van der Waals surface area (Å²) in [5.74, 6) is -1.10. The van der Waals surface area contributed by atoms with Crippen LogP contribution in [0.1, 0.15) is 16.7 Å². The van der Waals surface area contributed by atoms with E-state index in [-0.39, 0.29) is 22.6 Å². The summed E-state index contributed by atoms with van der Waals surface area (Å²) >= 11 is 5.74. The highest BCUT2D eigenvalue weighted by atomic mass is 35.5. The maximum atomic E-state index is 13.3. The minimum absolute atomic E-state index is 0.103. The second-order valence-corrected chi connectivity index (χ2v) is 7.12. The first kappa shape index (κ1) is 15.5. The molecule has 2 aromatic carbocycles. The fourth-order valence-electron chi connectivity index (χ4n) is 1.94. The summed E-state index contributed by atoms with van der Waals surface area (Å²) in [5.41, 5.74) is 0.975. The van der Waals surface area contributed by atoms with Gasteiger partial charge in [-0.25, -0.2) is 12.8 Å². The standard InChI is InChI=1S/C15H11ClFNO2S/c16-14-3-1-11(2-4-14)9-21(19,20)10-13-5-12(8-18)6-15(17)7-13/h1-7H,9-10H2. The number of hydrogen-bond donors (Lipinski definition) is 0. The van der Waals surface area contributed by atoms with Gasteiger partial charge in [0.1, 0.15) is 5.82 Å². The van der Waals surface area contributed by atoms with E-state index in [1.807, 2.05) is 0 Å². The largest absolute Gasteiger partial charge is 0.228 e. The second-order valence-electron chi connectivity index (χ2n) is 4.62. The Morgan fingerprint density at radius 3 is 2.29 bits per heavy atom. The normalized spacial score (nSPS) is 11.1. The Kier molecular flexibility index (Phi) is 4.61. The van der Waals surface area contributed by atoms with Crippen molar-refractivity contribution in [3.63, 3.8) is 0 Å². The maximum Gasteiger partial charge on any atom is 0.158 e. The van der Waals surface area contributed by atoms with Gasteiger partial charge in [0.25, 0.3) is 0 Å². The van der Waals surface area contributed by atoms with Gasteiger partial charge in [-0.1, -0.05) is 23.7 Å². The summed E-state index contributed by atoms with van der Waals surface area (Å²) in [6.45, 7) is 0. The molecule has 0 saturated carbocycles. The van der Waals surface area contributed by atoms with Crippen LogP contribution in [-0.2, 0) is 21.3 Å². The minimum Gasteiger partial charge on any atom is -0.228 e. The molecule has 0 unspecified atom stereocenters. The zero-order chi connectivity index (χ0) is 15.5. The van der Waals surface area contributed by atoms with E-state index in [9.17, 15) is 12.8 Å². The minimum atomic E-state index is -3.46. The van der Waals surface area contributed by atoms with Crippen molar-refractivity contribution in [2.45, 2.75) is 11.5 Å². The Bertz CT molecular complexity index is 795. The third-order valence-electron chi connectivity index (χ3n) is 2.77. The molecule has 2 aromatic rings. The molecule has 0 saturated heterocycles. The van der Waals surface area contributed by atoms with Crippen molar-refractivity contribution in [3.05, 3.63) is 70.0 Å². The van der Waals surface area contributed by atoms with E-state index in [4.69, 9.17) is 16.9 Å². The molecular weight excluding hydrogens is 313 g/mol. The Morgan fingerprint density at radius 1 is 1.05 bits per heavy atom. The van der Waals surface area contributed by atoms with Crippen molar-refractivity contribution in [3.8, 4) is 6.07 Å². The monoisotopic (exact) mass is 323 g/mol. The first-order chi connectivity index (χ1) is 9.88. The van der Waals surface area contributed by atoms with Gasteiger partial charge in [0, 0.05) is 5.02 Å². The number of hydrogen-bond acceptors (Lipinski definition) is 3. The van der Waals surface area contributed by atoms with Crippen LogP contribution in [0.2, 0.25) is 5.02 Å². The molecule has 0 radical (unpaired) electrons. The molecule has 0 aromatic heterocycles. The van der Waals surface area contributed by atoms with Crippen LogP contribution in [0.3, 0.4) is 0 Å². The molecule has 108 valence electrons. The zero-order valence-corrected chi connectivity index (χ0v) is 12.5. The Hall–Kier alpha value is -1.90. The van der Waals surface area contributed by atoms with Crippen molar-refractivity contribution in [1.29, 1.82) is 5.26 Å². The number of benzene rings is 2. The van der Waals surface area contributed by atoms with Crippen LogP contribution >= 0.6 is 11.6 Å². The van der Waals surface area contributed by atoms with E-state index < -0.39 is 15.7 Å². The third-order valence-corrected chi connectivity index (χ3v) is 4.57. The third kappa shape index (κ3) is 4.55. The fraction of sp³-hybridized carbons (Fsp3) is 0.133. The van der Waals surface area contributed by atoms with E-state index in [0.717, 1.165) is 12.1 Å². The topological polar surface area (TPSA) is 57.9 Å². The van der Waals surface area contributed by atoms with Gasteiger partial charge in [-0.15, -0.1) is 0 Å². The number of rotatable bonds is 4. The summed E-state index contributed by atoms with van der Waals surface area (Å²) in [6.07, 6.45) is 0.